The molecule has 21 heavy (non-hydrogen) atoms. The van der Waals surface area contributed by atoms with Crippen LogP contribution in [0.4, 0.5) is 4.39 Å². The molecule has 0 aliphatic rings. The molecule has 0 bridgehead atoms. The van der Waals surface area contributed by atoms with E-state index >= 15 is 0 Å². The number of pyridine rings is 1. The Bertz CT molecular complexity index is 892. The van der Waals surface area contributed by atoms with E-state index in [1.54, 1.807) is 22.7 Å². The fourth-order valence-electron chi connectivity index (χ4n) is 1.89. The molecule has 3 aromatic rings. The van der Waals surface area contributed by atoms with Crippen LogP contribution in [-0.4, -0.2) is 23.0 Å². The first-order valence-corrected chi connectivity index (χ1v) is 7.58. The zero-order valence-electron chi connectivity index (χ0n) is 10.8. The average Bonchev–Trinajstić information content (AvgIpc) is 2.88. The van der Waals surface area contributed by atoms with Crippen molar-refractivity contribution >= 4 is 15.7 Å². The number of rotatable bonds is 4. The van der Waals surface area contributed by atoms with Crippen LogP contribution in [0.25, 0.3) is 5.65 Å². The Hall–Kier alpha value is -2.32. The molecule has 6 nitrogen and oxygen atoms in total. The highest BCUT2D eigenvalue weighted by Crippen LogP contribution is 2.11. The summed E-state index contributed by atoms with van der Waals surface area (Å²) in [5.74, 6) is -0.156. The Labute approximate surface area is 120 Å². The summed E-state index contributed by atoms with van der Waals surface area (Å²) < 4.78 is 41.3. The third-order valence-electron chi connectivity index (χ3n) is 2.91. The summed E-state index contributed by atoms with van der Waals surface area (Å²) in [6.07, 6.45) is 1.74. The van der Waals surface area contributed by atoms with Crippen molar-refractivity contribution in [1.82, 2.24) is 19.3 Å². The SMILES string of the molecule is O=S(=O)(NCc1nnc2ccccn12)c1cccc(F)c1. The van der Waals surface area contributed by atoms with Crippen molar-refractivity contribution in [2.75, 3.05) is 0 Å². The second-order valence-electron chi connectivity index (χ2n) is 4.33. The largest absolute Gasteiger partial charge is 0.285 e. The number of halogens is 1. The van der Waals surface area contributed by atoms with Gasteiger partial charge in [-0.25, -0.2) is 17.5 Å². The number of hydrogen-bond acceptors (Lipinski definition) is 4. The van der Waals surface area contributed by atoms with Crippen molar-refractivity contribution in [3.05, 3.63) is 60.3 Å². The number of sulfonamides is 1. The van der Waals surface area contributed by atoms with Crippen molar-refractivity contribution in [3.63, 3.8) is 0 Å². The van der Waals surface area contributed by atoms with Crippen LogP contribution >= 0.6 is 0 Å². The molecule has 1 N–H and O–H groups in total. The van der Waals surface area contributed by atoms with Gasteiger partial charge in [0, 0.05) is 6.20 Å². The Morgan fingerprint density at radius 1 is 1.14 bits per heavy atom. The molecule has 0 saturated carbocycles. The topological polar surface area (TPSA) is 76.4 Å². The van der Waals surface area contributed by atoms with E-state index in [4.69, 9.17) is 0 Å². The minimum atomic E-state index is -3.80. The van der Waals surface area contributed by atoms with Crippen LogP contribution in [0, 0.1) is 5.82 Å². The van der Waals surface area contributed by atoms with E-state index in [9.17, 15) is 12.8 Å². The lowest BCUT2D eigenvalue weighted by Gasteiger charge is -2.06. The quantitative estimate of drug-likeness (QED) is 0.789. The van der Waals surface area contributed by atoms with Gasteiger partial charge in [0.15, 0.2) is 11.5 Å². The third kappa shape index (κ3) is 2.76. The molecule has 0 atom stereocenters. The maximum absolute atomic E-state index is 13.1. The Balaban J connectivity index is 1.84. The first kappa shape index (κ1) is 13.7. The van der Waals surface area contributed by atoms with Crippen LogP contribution < -0.4 is 4.72 Å². The van der Waals surface area contributed by atoms with Gasteiger partial charge >= 0.3 is 0 Å². The van der Waals surface area contributed by atoms with Crippen LogP contribution in [0.15, 0.2) is 53.6 Å². The highest BCUT2D eigenvalue weighted by atomic mass is 32.2. The van der Waals surface area contributed by atoms with Gasteiger partial charge in [0.2, 0.25) is 10.0 Å². The molecular formula is C13H11FN4O2S. The molecule has 2 heterocycles. The molecule has 108 valence electrons. The first-order valence-electron chi connectivity index (χ1n) is 6.10. The normalized spacial score (nSPS) is 11.9. The molecule has 8 heteroatoms. The maximum atomic E-state index is 13.1. The zero-order chi connectivity index (χ0) is 14.9. The summed E-state index contributed by atoms with van der Waals surface area (Å²) in [6, 6.07) is 10.2. The molecule has 0 radical (unpaired) electrons. The lowest BCUT2D eigenvalue weighted by Crippen LogP contribution is -2.24. The molecule has 0 spiro atoms. The summed E-state index contributed by atoms with van der Waals surface area (Å²) in [4.78, 5) is -0.128. The number of nitrogens with zero attached hydrogens (tertiary/aromatic N) is 3. The Kier molecular flexibility index (Phi) is 3.40. The Morgan fingerprint density at radius 3 is 2.81 bits per heavy atom. The third-order valence-corrected chi connectivity index (χ3v) is 4.31. The molecule has 0 fully saturated rings. The van der Waals surface area contributed by atoms with E-state index < -0.39 is 15.8 Å². The number of hydrogen-bond donors (Lipinski definition) is 1. The number of benzene rings is 1. The second kappa shape index (κ2) is 5.23. The molecule has 2 aromatic heterocycles. The van der Waals surface area contributed by atoms with Gasteiger partial charge in [0.25, 0.3) is 0 Å². The predicted molar refractivity (Wildman–Crippen MR) is 73.4 cm³/mol. The molecular weight excluding hydrogens is 295 g/mol. The van der Waals surface area contributed by atoms with Crippen LogP contribution in [0.3, 0.4) is 0 Å². The van der Waals surface area contributed by atoms with Crippen LogP contribution in [-0.2, 0) is 16.6 Å². The molecule has 0 unspecified atom stereocenters. The van der Waals surface area contributed by atoms with E-state index in [1.165, 1.54) is 18.2 Å². The van der Waals surface area contributed by atoms with Crippen molar-refractivity contribution in [3.8, 4) is 0 Å². The van der Waals surface area contributed by atoms with Crippen LogP contribution in [0.1, 0.15) is 5.82 Å². The second-order valence-corrected chi connectivity index (χ2v) is 6.09. The van der Waals surface area contributed by atoms with Gasteiger partial charge in [0.1, 0.15) is 5.82 Å². The first-order chi connectivity index (χ1) is 10.1. The van der Waals surface area contributed by atoms with Gasteiger partial charge in [-0.05, 0) is 30.3 Å². The van der Waals surface area contributed by atoms with E-state index in [2.05, 4.69) is 14.9 Å². The lowest BCUT2D eigenvalue weighted by molar-refractivity contribution is 0.575. The summed E-state index contributed by atoms with van der Waals surface area (Å²) in [7, 11) is -3.80. The van der Waals surface area contributed by atoms with Crippen LogP contribution in [0.5, 0.6) is 0 Å². The molecule has 1 aromatic carbocycles. The minimum absolute atomic E-state index is 0.0377. The van der Waals surface area contributed by atoms with Gasteiger partial charge in [0.05, 0.1) is 11.4 Å². The summed E-state index contributed by atoms with van der Waals surface area (Å²) in [5, 5.41) is 7.85. The Morgan fingerprint density at radius 2 is 2.00 bits per heavy atom. The highest BCUT2D eigenvalue weighted by molar-refractivity contribution is 7.89. The van der Waals surface area contributed by atoms with Gasteiger partial charge in [-0.2, -0.15) is 0 Å². The van der Waals surface area contributed by atoms with E-state index in [0.717, 1.165) is 6.07 Å². The highest BCUT2D eigenvalue weighted by Gasteiger charge is 2.16. The van der Waals surface area contributed by atoms with Crippen molar-refractivity contribution < 1.29 is 12.8 Å². The van der Waals surface area contributed by atoms with E-state index in [-0.39, 0.29) is 11.4 Å². The minimum Gasteiger partial charge on any atom is -0.285 e. The van der Waals surface area contributed by atoms with Crippen LogP contribution in [0.2, 0.25) is 0 Å². The lowest BCUT2D eigenvalue weighted by atomic mass is 10.4. The number of aromatic nitrogens is 3. The zero-order valence-corrected chi connectivity index (χ0v) is 11.6. The average molecular weight is 306 g/mol. The monoisotopic (exact) mass is 306 g/mol. The van der Waals surface area contributed by atoms with Gasteiger partial charge < -0.3 is 0 Å². The molecule has 0 saturated heterocycles. The number of nitrogens with one attached hydrogen (secondary N) is 1. The van der Waals surface area contributed by atoms with E-state index in [0.29, 0.717) is 11.5 Å². The van der Waals surface area contributed by atoms with Gasteiger partial charge in [-0.3, -0.25) is 4.40 Å². The van der Waals surface area contributed by atoms with Crippen molar-refractivity contribution in [2.45, 2.75) is 11.4 Å². The van der Waals surface area contributed by atoms with Gasteiger partial charge in [-0.1, -0.05) is 12.1 Å². The fourth-order valence-corrected chi connectivity index (χ4v) is 2.90. The van der Waals surface area contributed by atoms with E-state index in [1.807, 2.05) is 6.07 Å². The summed E-state index contributed by atoms with van der Waals surface area (Å²) in [5.41, 5.74) is 0.623. The molecule has 0 amide bonds. The molecule has 0 aliphatic carbocycles. The summed E-state index contributed by atoms with van der Waals surface area (Å²) in [6.45, 7) is -0.0377. The smallest absolute Gasteiger partial charge is 0.241 e. The van der Waals surface area contributed by atoms with Crippen molar-refractivity contribution in [1.29, 1.82) is 0 Å². The standard InChI is InChI=1S/C13H11FN4O2S/c14-10-4-3-5-11(8-10)21(19,20)15-9-13-17-16-12-6-1-2-7-18(12)13/h1-8,15H,9H2. The van der Waals surface area contributed by atoms with Crippen molar-refractivity contribution in [2.24, 2.45) is 0 Å². The van der Waals surface area contributed by atoms with Gasteiger partial charge in [-0.15, -0.1) is 10.2 Å². The predicted octanol–water partition coefficient (Wildman–Crippen LogP) is 1.35. The number of fused-ring (bicyclic) bond motifs is 1. The molecule has 0 aliphatic heterocycles. The maximum Gasteiger partial charge on any atom is 0.241 e. The molecule has 3 rings (SSSR count). The fraction of sp³-hybridized carbons (Fsp3) is 0.0769. The summed E-state index contributed by atoms with van der Waals surface area (Å²) >= 11 is 0.